The summed E-state index contributed by atoms with van der Waals surface area (Å²) in [6.07, 6.45) is 3.73. The Kier molecular flexibility index (Phi) is 3.92. The first-order chi connectivity index (χ1) is 8.97. The predicted molar refractivity (Wildman–Crippen MR) is 75.4 cm³/mol. The van der Waals surface area contributed by atoms with E-state index in [-0.39, 0.29) is 10.9 Å². The number of hydrogen-bond donors (Lipinski definition) is 2. The number of benzene rings is 1. The minimum absolute atomic E-state index is 0.123. The van der Waals surface area contributed by atoms with Gasteiger partial charge in [0.15, 0.2) is 0 Å². The average molecular weight is 279 g/mol. The topological polar surface area (TPSA) is 63.1 Å². The zero-order chi connectivity index (χ0) is 13.9. The minimum atomic E-state index is -3.42. The SMILES string of the molecule is CC(C)NS(=O)(=O)c1ccc(Nn2cccc2)cc1. The second-order valence-corrected chi connectivity index (χ2v) is 6.22. The van der Waals surface area contributed by atoms with Crippen LogP contribution in [-0.4, -0.2) is 19.1 Å². The summed E-state index contributed by atoms with van der Waals surface area (Å²) in [5, 5.41) is 0. The monoisotopic (exact) mass is 279 g/mol. The fourth-order valence-corrected chi connectivity index (χ4v) is 2.90. The molecule has 0 aliphatic rings. The van der Waals surface area contributed by atoms with Gasteiger partial charge < -0.3 is 0 Å². The molecule has 102 valence electrons. The summed E-state index contributed by atoms with van der Waals surface area (Å²) in [6.45, 7) is 3.58. The van der Waals surface area contributed by atoms with Gasteiger partial charge in [-0.15, -0.1) is 0 Å². The smallest absolute Gasteiger partial charge is 0.240 e. The molecule has 19 heavy (non-hydrogen) atoms. The molecule has 5 nitrogen and oxygen atoms in total. The van der Waals surface area contributed by atoms with Crippen molar-refractivity contribution in [2.45, 2.75) is 24.8 Å². The highest BCUT2D eigenvalue weighted by Crippen LogP contribution is 2.14. The Hall–Kier alpha value is -1.79. The van der Waals surface area contributed by atoms with E-state index < -0.39 is 10.0 Å². The third-order valence-electron chi connectivity index (χ3n) is 2.42. The molecule has 2 N–H and O–H groups in total. The van der Waals surface area contributed by atoms with Crippen molar-refractivity contribution in [3.63, 3.8) is 0 Å². The van der Waals surface area contributed by atoms with E-state index in [1.807, 2.05) is 24.5 Å². The van der Waals surface area contributed by atoms with Crippen molar-refractivity contribution in [1.29, 1.82) is 0 Å². The minimum Gasteiger partial charge on any atom is -0.295 e. The molecule has 0 amide bonds. The van der Waals surface area contributed by atoms with E-state index in [0.29, 0.717) is 0 Å². The molecule has 0 saturated heterocycles. The zero-order valence-electron chi connectivity index (χ0n) is 10.9. The van der Waals surface area contributed by atoms with Crippen molar-refractivity contribution in [2.24, 2.45) is 0 Å². The van der Waals surface area contributed by atoms with Gasteiger partial charge >= 0.3 is 0 Å². The van der Waals surface area contributed by atoms with Crippen LogP contribution in [-0.2, 0) is 10.0 Å². The number of aromatic nitrogens is 1. The molecule has 2 rings (SSSR count). The number of anilines is 1. The molecule has 0 bridgehead atoms. The summed E-state index contributed by atoms with van der Waals surface area (Å²) in [5.41, 5.74) is 3.92. The summed E-state index contributed by atoms with van der Waals surface area (Å²) < 4.78 is 28.2. The molecule has 0 saturated carbocycles. The van der Waals surface area contributed by atoms with E-state index in [4.69, 9.17) is 0 Å². The fraction of sp³-hybridized carbons (Fsp3) is 0.231. The van der Waals surface area contributed by atoms with E-state index in [2.05, 4.69) is 10.1 Å². The first kappa shape index (κ1) is 13.6. The Morgan fingerprint density at radius 3 is 2.16 bits per heavy atom. The van der Waals surface area contributed by atoms with Gasteiger partial charge in [0.1, 0.15) is 0 Å². The standard InChI is InChI=1S/C13H17N3O2S/c1-11(2)15-19(17,18)13-7-5-12(6-8-13)14-16-9-3-4-10-16/h3-11,14-15H,1-2H3. The van der Waals surface area contributed by atoms with Crippen molar-refractivity contribution in [2.75, 3.05) is 5.43 Å². The molecule has 1 heterocycles. The van der Waals surface area contributed by atoms with Crippen molar-refractivity contribution < 1.29 is 8.42 Å². The van der Waals surface area contributed by atoms with Gasteiger partial charge in [-0.2, -0.15) is 0 Å². The molecule has 1 aromatic heterocycles. The normalized spacial score (nSPS) is 11.7. The van der Waals surface area contributed by atoms with E-state index >= 15 is 0 Å². The Bertz CT molecular complexity index is 616. The zero-order valence-corrected chi connectivity index (χ0v) is 11.7. The fourth-order valence-electron chi connectivity index (χ4n) is 1.65. The van der Waals surface area contributed by atoms with Crippen LogP contribution in [0.2, 0.25) is 0 Å². The summed E-state index contributed by atoms with van der Waals surface area (Å²) in [5.74, 6) is 0. The maximum atomic E-state index is 11.9. The molecule has 0 unspecified atom stereocenters. The molecule has 2 aromatic rings. The lowest BCUT2D eigenvalue weighted by Crippen LogP contribution is -2.30. The van der Waals surface area contributed by atoms with Crippen molar-refractivity contribution in [3.05, 3.63) is 48.8 Å². The maximum absolute atomic E-state index is 11.9. The number of rotatable bonds is 5. The largest absolute Gasteiger partial charge is 0.295 e. The number of nitrogens with zero attached hydrogens (tertiary/aromatic N) is 1. The van der Waals surface area contributed by atoms with Crippen LogP contribution in [0.5, 0.6) is 0 Å². The molecule has 6 heteroatoms. The average Bonchev–Trinajstić information content (AvgIpc) is 2.81. The van der Waals surface area contributed by atoms with Crippen LogP contribution < -0.4 is 10.1 Å². The lowest BCUT2D eigenvalue weighted by molar-refractivity contribution is 0.570. The van der Waals surface area contributed by atoms with Gasteiger partial charge in [0.05, 0.1) is 10.6 Å². The summed E-state index contributed by atoms with van der Waals surface area (Å²) in [7, 11) is -3.42. The van der Waals surface area contributed by atoms with Gasteiger partial charge in [-0.3, -0.25) is 10.1 Å². The van der Waals surface area contributed by atoms with Gasteiger partial charge in [-0.25, -0.2) is 13.1 Å². The summed E-state index contributed by atoms with van der Waals surface area (Å²) in [6, 6.07) is 10.3. The van der Waals surface area contributed by atoms with Crippen molar-refractivity contribution >= 4 is 15.7 Å². The second kappa shape index (κ2) is 5.46. The van der Waals surface area contributed by atoms with Gasteiger partial charge in [-0.1, -0.05) is 0 Å². The second-order valence-electron chi connectivity index (χ2n) is 4.50. The van der Waals surface area contributed by atoms with Crippen LogP contribution in [0.15, 0.2) is 53.7 Å². The Morgan fingerprint density at radius 2 is 1.63 bits per heavy atom. The lowest BCUT2D eigenvalue weighted by atomic mass is 10.3. The Balaban J connectivity index is 2.14. The highest BCUT2D eigenvalue weighted by Gasteiger charge is 2.14. The number of sulfonamides is 1. The first-order valence-corrected chi connectivity index (χ1v) is 7.48. The number of nitrogens with one attached hydrogen (secondary N) is 2. The summed E-state index contributed by atoms with van der Waals surface area (Å²) >= 11 is 0. The molecular weight excluding hydrogens is 262 g/mol. The van der Waals surface area contributed by atoms with E-state index in [1.165, 1.54) is 0 Å². The van der Waals surface area contributed by atoms with Gasteiger partial charge in [-0.05, 0) is 50.2 Å². The molecular formula is C13H17N3O2S. The van der Waals surface area contributed by atoms with Gasteiger partial charge in [0.2, 0.25) is 10.0 Å². The molecule has 0 atom stereocenters. The first-order valence-electron chi connectivity index (χ1n) is 6.00. The maximum Gasteiger partial charge on any atom is 0.240 e. The third kappa shape index (κ3) is 3.59. The van der Waals surface area contributed by atoms with Crippen molar-refractivity contribution in [3.8, 4) is 0 Å². The van der Waals surface area contributed by atoms with Crippen LogP contribution in [0.4, 0.5) is 5.69 Å². The van der Waals surface area contributed by atoms with Crippen LogP contribution in [0.1, 0.15) is 13.8 Å². The molecule has 0 spiro atoms. The molecule has 1 aromatic carbocycles. The highest BCUT2D eigenvalue weighted by molar-refractivity contribution is 7.89. The van der Waals surface area contributed by atoms with E-state index in [1.54, 1.807) is 42.8 Å². The molecule has 0 aliphatic heterocycles. The summed E-state index contributed by atoms with van der Waals surface area (Å²) in [4.78, 5) is 0.263. The highest BCUT2D eigenvalue weighted by atomic mass is 32.2. The van der Waals surface area contributed by atoms with Gasteiger partial charge in [0, 0.05) is 18.4 Å². The molecule has 0 aliphatic carbocycles. The molecule has 0 radical (unpaired) electrons. The van der Waals surface area contributed by atoms with E-state index in [0.717, 1.165) is 5.69 Å². The Labute approximate surface area is 113 Å². The third-order valence-corrected chi connectivity index (χ3v) is 4.09. The van der Waals surface area contributed by atoms with E-state index in [9.17, 15) is 8.42 Å². The van der Waals surface area contributed by atoms with Crippen molar-refractivity contribution in [1.82, 2.24) is 9.40 Å². The van der Waals surface area contributed by atoms with Crippen LogP contribution >= 0.6 is 0 Å². The van der Waals surface area contributed by atoms with Crippen LogP contribution in [0, 0.1) is 0 Å². The lowest BCUT2D eigenvalue weighted by Gasteiger charge is -2.11. The quantitative estimate of drug-likeness (QED) is 0.880. The van der Waals surface area contributed by atoms with Gasteiger partial charge in [0.25, 0.3) is 0 Å². The number of hydrogen-bond acceptors (Lipinski definition) is 3. The predicted octanol–water partition coefficient (Wildman–Crippen LogP) is 2.05. The van der Waals surface area contributed by atoms with Crippen LogP contribution in [0.25, 0.3) is 0 Å². The van der Waals surface area contributed by atoms with Crippen LogP contribution in [0.3, 0.4) is 0 Å². The molecule has 0 fully saturated rings. The Morgan fingerprint density at radius 1 is 1.05 bits per heavy atom.